The number of benzene rings is 1. The Morgan fingerprint density at radius 3 is 3.07 bits per heavy atom. The van der Waals surface area contributed by atoms with E-state index in [9.17, 15) is 9.59 Å². The molecule has 0 saturated heterocycles. The third-order valence-corrected chi connectivity index (χ3v) is 2.15. The molecule has 15 heavy (non-hydrogen) atoms. The summed E-state index contributed by atoms with van der Waals surface area (Å²) in [5.74, 6) is -1.03. The van der Waals surface area contributed by atoms with Gasteiger partial charge in [-0.05, 0) is 6.07 Å². The van der Waals surface area contributed by atoms with Gasteiger partial charge >= 0.3 is 12.2 Å². The van der Waals surface area contributed by atoms with E-state index in [1.54, 1.807) is 12.1 Å². The van der Waals surface area contributed by atoms with E-state index in [-0.39, 0.29) is 17.7 Å². The Morgan fingerprint density at radius 2 is 2.33 bits per heavy atom. The predicted octanol–water partition coefficient (Wildman–Crippen LogP) is 0.840. The molecule has 1 aliphatic heterocycles. The second kappa shape index (κ2) is 3.48. The molecule has 1 aliphatic rings. The fraction of sp³-hybridized carbons (Fsp3) is 0.100. The van der Waals surface area contributed by atoms with E-state index in [0.717, 1.165) is 6.21 Å². The van der Waals surface area contributed by atoms with Crippen molar-refractivity contribution in [2.75, 3.05) is 0 Å². The fourth-order valence-corrected chi connectivity index (χ4v) is 1.50. The molecule has 0 atom stereocenters. The van der Waals surface area contributed by atoms with Crippen LogP contribution in [0.25, 0.3) is 5.53 Å². The first-order valence-electron chi connectivity index (χ1n) is 4.25. The molecular formula is C10H6N2O3. The van der Waals surface area contributed by atoms with Gasteiger partial charge in [-0.1, -0.05) is 12.1 Å². The molecule has 1 heterocycles. The van der Waals surface area contributed by atoms with Gasteiger partial charge in [-0.25, -0.2) is 4.79 Å². The van der Waals surface area contributed by atoms with Crippen molar-refractivity contribution >= 4 is 18.0 Å². The van der Waals surface area contributed by atoms with E-state index >= 15 is 0 Å². The summed E-state index contributed by atoms with van der Waals surface area (Å²) in [6, 6.07) is 4.86. The largest absolute Gasteiger partial charge is 0.457 e. The smallest absolute Gasteiger partial charge is 0.339 e. The number of fused-ring (bicyclic) bond motifs is 1. The summed E-state index contributed by atoms with van der Waals surface area (Å²) < 4.78 is 4.79. The van der Waals surface area contributed by atoms with Crippen LogP contribution in [0.15, 0.2) is 18.2 Å². The van der Waals surface area contributed by atoms with E-state index in [1.807, 2.05) is 0 Å². The lowest BCUT2D eigenvalue weighted by molar-refractivity contribution is 0.00234. The van der Waals surface area contributed by atoms with E-state index in [1.165, 1.54) is 6.07 Å². The van der Waals surface area contributed by atoms with Gasteiger partial charge in [0.25, 0.3) is 5.78 Å². The average Bonchev–Trinajstić information content (AvgIpc) is 2.61. The SMILES string of the molecule is [N-]=[N+]=CC(=O)c1cccc2c1C(=O)OC2. The number of cyclic esters (lactones) is 1. The summed E-state index contributed by atoms with van der Waals surface area (Å²) in [5, 5.41) is 0. The summed E-state index contributed by atoms with van der Waals surface area (Å²) in [6.45, 7) is 0.186. The first-order chi connectivity index (χ1) is 7.24. The van der Waals surface area contributed by atoms with Crippen LogP contribution in [-0.4, -0.2) is 22.8 Å². The third-order valence-electron chi connectivity index (χ3n) is 2.15. The molecule has 0 spiro atoms. The van der Waals surface area contributed by atoms with Gasteiger partial charge in [-0.3, -0.25) is 4.79 Å². The van der Waals surface area contributed by atoms with E-state index in [0.29, 0.717) is 5.56 Å². The van der Waals surface area contributed by atoms with Crippen LogP contribution in [-0.2, 0) is 11.3 Å². The molecule has 0 fully saturated rings. The summed E-state index contributed by atoms with van der Waals surface area (Å²) >= 11 is 0. The van der Waals surface area contributed by atoms with Crippen molar-refractivity contribution < 1.29 is 19.1 Å². The number of rotatable bonds is 2. The lowest BCUT2D eigenvalue weighted by atomic mass is 10.0. The van der Waals surface area contributed by atoms with E-state index in [2.05, 4.69) is 4.79 Å². The standard InChI is InChI=1S/C10H6N2O3/c11-12-4-8(13)7-3-1-2-6-5-15-10(14)9(6)7/h1-4H,5H2. The van der Waals surface area contributed by atoms with Crippen LogP contribution in [0.2, 0.25) is 0 Å². The Hall–Kier alpha value is -2.26. The molecule has 0 aromatic heterocycles. The molecule has 5 heteroatoms. The predicted molar refractivity (Wildman–Crippen MR) is 49.6 cm³/mol. The number of ketones is 1. The monoisotopic (exact) mass is 202 g/mol. The van der Waals surface area contributed by atoms with Crippen molar-refractivity contribution in [1.82, 2.24) is 0 Å². The first-order valence-corrected chi connectivity index (χ1v) is 4.25. The van der Waals surface area contributed by atoms with Crippen LogP contribution < -0.4 is 0 Å². The van der Waals surface area contributed by atoms with Crippen LogP contribution in [0.5, 0.6) is 0 Å². The normalized spacial score (nSPS) is 12.7. The highest BCUT2D eigenvalue weighted by atomic mass is 16.5. The van der Waals surface area contributed by atoms with Crippen LogP contribution in [0, 0.1) is 0 Å². The molecule has 0 unspecified atom stereocenters. The average molecular weight is 202 g/mol. The Balaban J connectivity index is 2.59. The molecule has 0 saturated carbocycles. The molecule has 0 aliphatic carbocycles. The van der Waals surface area contributed by atoms with Crippen LogP contribution in [0.4, 0.5) is 0 Å². The zero-order valence-electron chi connectivity index (χ0n) is 7.64. The topological polar surface area (TPSA) is 79.8 Å². The van der Waals surface area contributed by atoms with Crippen molar-refractivity contribution in [1.29, 1.82) is 0 Å². The highest BCUT2D eigenvalue weighted by Gasteiger charge is 2.27. The zero-order valence-corrected chi connectivity index (χ0v) is 7.64. The third kappa shape index (κ3) is 1.45. The number of carbonyl (C=O) groups is 2. The number of esters is 1. The number of ether oxygens (including phenoxy) is 1. The Morgan fingerprint density at radius 1 is 1.53 bits per heavy atom. The summed E-state index contributed by atoms with van der Waals surface area (Å²) in [5.41, 5.74) is 9.39. The molecule has 74 valence electrons. The lowest BCUT2D eigenvalue weighted by Gasteiger charge is -1.98. The van der Waals surface area contributed by atoms with Gasteiger partial charge < -0.3 is 10.3 Å². The van der Waals surface area contributed by atoms with Gasteiger partial charge in [0.15, 0.2) is 0 Å². The molecule has 0 bridgehead atoms. The van der Waals surface area contributed by atoms with Gasteiger partial charge in [0, 0.05) is 11.1 Å². The molecule has 5 nitrogen and oxygen atoms in total. The van der Waals surface area contributed by atoms with Crippen molar-refractivity contribution in [2.24, 2.45) is 0 Å². The number of nitrogens with zero attached hydrogens (tertiary/aromatic N) is 2. The molecule has 0 amide bonds. The highest BCUT2D eigenvalue weighted by molar-refractivity contribution is 6.35. The van der Waals surface area contributed by atoms with Gasteiger partial charge in [-0.15, -0.1) is 0 Å². The zero-order chi connectivity index (χ0) is 10.8. The van der Waals surface area contributed by atoms with Gasteiger partial charge in [0.1, 0.15) is 6.61 Å². The minimum atomic E-state index is -0.520. The Labute approximate surface area is 84.9 Å². The molecule has 0 N–H and O–H groups in total. The van der Waals surface area contributed by atoms with Gasteiger partial charge in [0.2, 0.25) is 0 Å². The maximum absolute atomic E-state index is 11.4. The molecule has 1 aromatic rings. The molecule has 1 aromatic carbocycles. The maximum Gasteiger partial charge on any atom is 0.339 e. The second-order valence-corrected chi connectivity index (χ2v) is 3.02. The number of hydrogen-bond acceptors (Lipinski definition) is 3. The summed E-state index contributed by atoms with van der Waals surface area (Å²) in [4.78, 5) is 25.4. The van der Waals surface area contributed by atoms with E-state index in [4.69, 9.17) is 10.3 Å². The minimum absolute atomic E-state index is 0.186. The van der Waals surface area contributed by atoms with Crippen LogP contribution in [0.3, 0.4) is 0 Å². The van der Waals surface area contributed by atoms with Crippen LogP contribution >= 0.6 is 0 Å². The Kier molecular flexibility index (Phi) is 2.15. The summed E-state index contributed by atoms with van der Waals surface area (Å²) in [6.07, 6.45) is 0.751. The van der Waals surface area contributed by atoms with Crippen molar-refractivity contribution in [2.45, 2.75) is 6.61 Å². The first kappa shape index (κ1) is 9.30. The quantitative estimate of drug-likeness (QED) is 0.234. The van der Waals surface area contributed by atoms with Gasteiger partial charge in [0.05, 0.1) is 5.56 Å². The number of Topliss-reactive ketones (excluding diaryl/α,β-unsaturated/α-hetero) is 1. The van der Waals surface area contributed by atoms with Crippen molar-refractivity contribution in [3.05, 3.63) is 40.4 Å². The molecule has 2 rings (SSSR count). The second-order valence-electron chi connectivity index (χ2n) is 3.02. The summed E-state index contributed by atoms with van der Waals surface area (Å²) in [7, 11) is 0. The Bertz CT molecular complexity index is 501. The minimum Gasteiger partial charge on any atom is -0.457 e. The maximum atomic E-state index is 11.4. The van der Waals surface area contributed by atoms with Crippen molar-refractivity contribution in [3.63, 3.8) is 0 Å². The molecule has 0 radical (unpaired) electrons. The molecular weight excluding hydrogens is 196 g/mol. The van der Waals surface area contributed by atoms with Gasteiger partial charge in [-0.2, -0.15) is 4.79 Å². The van der Waals surface area contributed by atoms with Crippen LogP contribution in [0.1, 0.15) is 26.3 Å². The van der Waals surface area contributed by atoms with Crippen molar-refractivity contribution in [3.8, 4) is 0 Å². The number of hydrogen-bond donors (Lipinski definition) is 0. The highest BCUT2D eigenvalue weighted by Crippen LogP contribution is 2.23. The number of carbonyl (C=O) groups excluding carboxylic acids is 2. The lowest BCUT2D eigenvalue weighted by Crippen LogP contribution is -2.08. The fourth-order valence-electron chi connectivity index (χ4n) is 1.50. The van der Waals surface area contributed by atoms with E-state index < -0.39 is 11.8 Å².